The molecule has 0 unspecified atom stereocenters. The van der Waals surface area contributed by atoms with Crippen molar-refractivity contribution in [1.29, 1.82) is 0 Å². The predicted molar refractivity (Wildman–Crippen MR) is 98.0 cm³/mol. The van der Waals surface area contributed by atoms with Crippen LogP contribution in [0.15, 0.2) is 27.7 Å². The molecule has 2 rings (SSSR count). The summed E-state index contributed by atoms with van der Waals surface area (Å²) in [5.41, 5.74) is 2.33. The van der Waals surface area contributed by atoms with Gasteiger partial charge in [0, 0.05) is 44.7 Å². The molecule has 0 saturated carbocycles. The van der Waals surface area contributed by atoms with E-state index in [-0.39, 0.29) is 11.7 Å². The second-order valence-electron chi connectivity index (χ2n) is 5.75. The highest BCUT2D eigenvalue weighted by atomic mass is 32.1. The van der Waals surface area contributed by atoms with Crippen molar-refractivity contribution in [2.75, 3.05) is 26.8 Å². The average molecular weight is 364 g/mol. The van der Waals surface area contributed by atoms with Gasteiger partial charge in [0.2, 0.25) is 0 Å². The van der Waals surface area contributed by atoms with E-state index in [1.165, 1.54) is 0 Å². The Morgan fingerprint density at radius 1 is 1.44 bits per heavy atom. The van der Waals surface area contributed by atoms with Crippen LogP contribution in [0.3, 0.4) is 0 Å². The first-order valence-electron chi connectivity index (χ1n) is 8.09. The molecule has 1 N–H and O–H groups in total. The third kappa shape index (κ3) is 5.68. The fourth-order valence-corrected chi connectivity index (χ4v) is 3.15. The first kappa shape index (κ1) is 19.1. The number of aryl methyl sites for hydroxylation is 2. The van der Waals surface area contributed by atoms with E-state index in [1.54, 1.807) is 34.8 Å². The van der Waals surface area contributed by atoms with Crippen LogP contribution in [0.2, 0.25) is 0 Å². The molecule has 0 fully saturated rings. The molecule has 8 heteroatoms. The number of hydrogen-bond donors (Lipinski definition) is 1. The van der Waals surface area contributed by atoms with E-state index in [4.69, 9.17) is 4.74 Å². The van der Waals surface area contributed by atoms with Crippen molar-refractivity contribution in [3.8, 4) is 0 Å². The normalized spacial score (nSPS) is 10.7. The number of methoxy groups -OCH3 is 1. The molecular weight excluding hydrogens is 340 g/mol. The van der Waals surface area contributed by atoms with Gasteiger partial charge in [-0.2, -0.15) is 16.3 Å². The van der Waals surface area contributed by atoms with Crippen LogP contribution in [0, 0.1) is 13.8 Å². The summed E-state index contributed by atoms with van der Waals surface area (Å²) in [6, 6.07) is 3.68. The van der Waals surface area contributed by atoms with Crippen LogP contribution in [0.5, 0.6) is 0 Å². The fraction of sp³-hybridized carbons (Fsp3) is 0.471. The molecule has 0 bridgehead atoms. The molecule has 0 aliphatic rings. The second-order valence-corrected chi connectivity index (χ2v) is 6.53. The SMILES string of the molecule is COCCN(Cc1ccsc1)C(=O)NCCn1c(C)cc(C)nc1=O. The van der Waals surface area contributed by atoms with Gasteiger partial charge < -0.3 is 15.0 Å². The number of nitrogens with one attached hydrogen (secondary N) is 1. The minimum absolute atomic E-state index is 0.172. The highest BCUT2D eigenvalue weighted by Crippen LogP contribution is 2.09. The molecule has 0 aliphatic carbocycles. The molecule has 2 amide bonds. The lowest BCUT2D eigenvalue weighted by Gasteiger charge is -2.22. The summed E-state index contributed by atoms with van der Waals surface area (Å²) in [6.45, 7) is 5.90. The van der Waals surface area contributed by atoms with E-state index in [0.717, 1.165) is 11.3 Å². The summed E-state index contributed by atoms with van der Waals surface area (Å²) in [5.74, 6) is 0. The summed E-state index contributed by atoms with van der Waals surface area (Å²) in [5, 5.41) is 6.88. The zero-order chi connectivity index (χ0) is 18.2. The van der Waals surface area contributed by atoms with Crippen molar-refractivity contribution in [1.82, 2.24) is 19.8 Å². The van der Waals surface area contributed by atoms with Gasteiger partial charge in [-0.1, -0.05) is 0 Å². The number of carbonyl (C=O) groups excluding carboxylic acids is 1. The van der Waals surface area contributed by atoms with Crippen LogP contribution in [-0.4, -0.2) is 47.3 Å². The van der Waals surface area contributed by atoms with E-state index in [0.29, 0.717) is 38.5 Å². The maximum atomic E-state index is 12.4. The highest BCUT2D eigenvalue weighted by Gasteiger charge is 2.14. The van der Waals surface area contributed by atoms with E-state index < -0.39 is 0 Å². The van der Waals surface area contributed by atoms with E-state index in [9.17, 15) is 9.59 Å². The summed E-state index contributed by atoms with van der Waals surface area (Å²) in [7, 11) is 1.61. The molecule has 7 nitrogen and oxygen atoms in total. The largest absolute Gasteiger partial charge is 0.383 e. The van der Waals surface area contributed by atoms with E-state index >= 15 is 0 Å². The number of amides is 2. The Morgan fingerprint density at radius 3 is 2.88 bits per heavy atom. The van der Waals surface area contributed by atoms with Gasteiger partial charge in [0.05, 0.1) is 6.61 Å². The number of nitrogens with zero attached hydrogens (tertiary/aromatic N) is 3. The van der Waals surface area contributed by atoms with Gasteiger partial charge in [-0.3, -0.25) is 4.57 Å². The molecular formula is C17H24N4O3S. The molecule has 0 spiro atoms. The fourth-order valence-electron chi connectivity index (χ4n) is 2.49. The summed E-state index contributed by atoms with van der Waals surface area (Å²) >= 11 is 1.60. The number of thiophene rings is 1. The van der Waals surface area contributed by atoms with E-state index in [2.05, 4.69) is 10.3 Å². The van der Waals surface area contributed by atoms with E-state index in [1.807, 2.05) is 29.8 Å². The third-order valence-electron chi connectivity index (χ3n) is 3.76. The minimum atomic E-state index is -0.290. The van der Waals surface area contributed by atoms with Gasteiger partial charge in [0.25, 0.3) is 0 Å². The molecule has 0 aromatic carbocycles. The van der Waals surface area contributed by atoms with Crippen LogP contribution in [0.25, 0.3) is 0 Å². The number of urea groups is 1. The molecule has 2 heterocycles. The van der Waals surface area contributed by atoms with Crippen molar-refractivity contribution in [3.05, 3.63) is 50.3 Å². The average Bonchev–Trinajstić information content (AvgIpc) is 3.06. The van der Waals surface area contributed by atoms with Gasteiger partial charge in [-0.25, -0.2) is 9.59 Å². The monoisotopic (exact) mass is 364 g/mol. The van der Waals surface area contributed by atoms with Gasteiger partial charge in [0.1, 0.15) is 0 Å². The summed E-state index contributed by atoms with van der Waals surface area (Å²) in [6.07, 6.45) is 0. The van der Waals surface area contributed by atoms with Crippen LogP contribution < -0.4 is 11.0 Å². The Balaban J connectivity index is 1.93. The van der Waals surface area contributed by atoms with Gasteiger partial charge in [-0.05, 0) is 42.3 Å². The van der Waals surface area contributed by atoms with Crippen LogP contribution in [0.4, 0.5) is 4.79 Å². The molecule has 0 atom stereocenters. The zero-order valence-corrected chi connectivity index (χ0v) is 15.6. The molecule has 136 valence electrons. The summed E-state index contributed by atoms with van der Waals surface area (Å²) < 4.78 is 6.65. The van der Waals surface area contributed by atoms with Gasteiger partial charge >= 0.3 is 11.7 Å². The van der Waals surface area contributed by atoms with Crippen LogP contribution >= 0.6 is 11.3 Å². The topological polar surface area (TPSA) is 76.5 Å². The molecule has 0 radical (unpaired) electrons. The lowest BCUT2D eigenvalue weighted by Crippen LogP contribution is -2.43. The Bertz CT molecular complexity index is 743. The van der Waals surface area contributed by atoms with Crippen molar-refractivity contribution in [2.45, 2.75) is 26.9 Å². The Labute approximate surface area is 151 Å². The quantitative estimate of drug-likeness (QED) is 0.775. The van der Waals surface area contributed by atoms with Gasteiger partial charge in [-0.15, -0.1) is 0 Å². The number of hydrogen-bond acceptors (Lipinski definition) is 5. The zero-order valence-electron chi connectivity index (χ0n) is 14.8. The first-order valence-corrected chi connectivity index (χ1v) is 9.03. The predicted octanol–water partition coefficient (Wildman–Crippen LogP) is 1.78. The standard InChI is InChI=1S/C17H24N4O3S/c1-13-10-14(2)21(17(23)19-13)6-5-18-16(22)20(7-8-24-3)11-15-4-9-25-12-15/h4,9-10,12H,5-8,11H2,1-3H3,(H,18,22). The maximum Gasteiger partial charge on any atom is 0.348 e. The summed E-state index contributed by atoms with van der Waals surface area (Å²) in [4.78, 5) is 30.0. The number of ether oxygens (including phenoxy) is 1. The molecule has 0 saturated heterocycles. The van der Waals surface area contributed by atoms with Crippen molar-refractivity contribution in [2.24, 2.45) is 0 Å². The molecule has 2 aromatic heterocycles. The third-order valence-corrected chi connectivity index (χ3v) is 4.50. The minimum Gasteiger partial charge on any atom is -0.383 e. The van der Waals surface area contributed by atoms with Crippen molar-refractivity contribution >= 4 is 17.4 Å². The Hall–Kier alpha value is -2.19. The lowest BCUT2D eigenvalue weighted by atomic mass is 10.3. The number of aromatic nitrogens is 2. The Morgan fingerprint density at radius 2 is 2.24 bits per heavy atom. The number of rotatable bonds is 8. The number of carbonyl (C=O) groups is 1. The van der Waals surface area contributed by atoms with Crippen molar-refractivity contribution < 1.29 is 9.53 Å². The highest BCUT2D eigenvalue weighted by molar-refractivity contribution is 7.07. The van der Waals surface area contributed by atoms with Crippen molar-refractivity contribution in [3.63, 3.8) is 0 Å². The van der Waals surface area contributed by atoms with Gasteiger partial charge in [0.15, 0.2) is 0 Å². The smallest absolute Gasteiger partial charge is 0.348 e. The first-order chi connectivity index (χ1) is 12.0. The second kappa shape index (κ2) is 9.33. The van der Waals surface area contributed by atoms with Crippen LogP contribution in [-0.2, 0) is 17.8 Å². The molecule has 25 heavy (non-hydrogen) atoms. The van der Waals surface area contributed by atoms with Crippen LogP contribution in [0.1, 0.15) is 17.0 Å². The maximum absolute atomic E-state index is 12.4. The molecule has 0 aliphatic heterocycles. The Kier molecular flexibility index (Phi) is 7.15. The lowest BCUT2D eigenvalue weighted by molar-refractivity contribution is 0.146. The molecule has 2 aromatic rings.